The molecule has 3 rings (SSSR count). The summed E-state index contributed by atoms with van der Waals surface area (Å²) in [7, 11) is 3.06. The molecule has 1 amide bonds. The highest BCUT2D eigenvalue weighted by molar-refractivity contribution is 5.95. The number of carbonyl (C=O) groups excluding carboxylic acids is 1. The molecule has 2 aromatic carbocycles. The maximum absolute atomic E-state index is 12.8. The number of para-hydroxylation sites is 1. The van der Waals surface area contributed by atoms with Crippen molar-refractivity contribution in [2.24, 2.45) is 5.10 Å². The molecule has 162 valence electrons. The highest BCUT2D eigenvalue weighted by Gasteiger charge is 2.20. The molecule has 0 unspecified atom stereocenters. The van der Waals surface area contributed by atoms with Crippen molar-refractivity contribution in [1.29, 1.82) is 5.26 Å². The molecule has 0 aliphatic rings. The minimum absolute atomic E-state index is 0.0803. The van der Waals surface area contributed by atoms with Gasteiger partial charge < -0.3 is 9.47 Å². The summed E-state index contributed by atoms with van der Waals surface area (Å²) in [5, 5.41) is 17.7. The van der Waals surface area contributed by atoms with Crippen molar-refractivity contribution in [2.75, 3.05) is 14.2 Å². The minimum Gasteiger partial charge on any atom is -0.497 e. The van der Waals surface area contributed by atoms with Gasteiger partial charge in [-0.15, -0.1) is 0 Å². The van der Waals surface area contributed by atoms with Gasteiger partial charge in [0.15, 0.2) is 5.69 Å². The van der Waals surface area contributed by atoms with E-state index in [2.05, 4.69) is 15.6 Å². The number of nitrogens with zero attached hydrogens (tertiary/aromatic N) is 4. The van der Waals surface area contributed by atoms with Gasteiger partial charge in [0.25, 0.3) is 11.5 Å². The number of hydrogen-bond acceptors (Lipinski definition) is 7. The number of aryl methyl sites for hydroxylation is 1. The molecule has 0 saturated heterocycles. The van der Waals surface area contributed by atoms with Gasteiger partial charge in [-0.25, -0.2) is 5.43 Å². The number of nitriles is 1. The van der Waals surface area contributed by atoms with Crippen LogP contribution < -0.4 is 20.5 Å². The monoisotopic (exact) mass is 431 g/mol. The fourth-order valence-corrected chi connectivity index (χ4v) is 3.06. The zero-order valence-corrected chi connectivity index (χ0v) is 18.0. The van der Waals surface area contributed by atoms with Gasteiger partial charge in [-0.3, -0.25) is 9.59 Å². The SMILES string of the molecule is COc1ccc(/C=N/NC(=O)c2nn(-c3ccccc3C)c(=O)c(C#N)c2C)c(OC)c1. The molecular weight excluding hydrogens is 410 g/mol. The second-order valence-electron chi connectivity index (χ2n) is 6.77. The van der Waals surface area contributed by atoms with E-state index in [0.717, 1.165) is 10.2 Å². The number of hydrogen-bond donors (Lipinski definition) is 1. The first-order valence-electron chi connectivity index (χ1n) is 9.56. The molecule has 0 saturated carbocycles. The molecule has 0 aliphatic carbocycles. The lowest BCUT2D eigenvalue weighted by Gasteiger charge is -2.12. The van der Waals surface area contributed by atoms with Crippen molar-refractivity contribution >= 4 is 12.1 Å². The Hall–Kier alpha value is -4.45. The van der Waals surface area contributed by atoms with E-state index < -0.39 is 11.5 Å². The average Bonchev–Trinajstić information content (AvgIpc) is 2.80. The Labute approximate surface area is 184 Å². The first-order chi connectivity index (χ1) is 15.4. The first-order valence-corrected chi connectivity index (χ1v) is 9.56. The standard InChI is InChI=1S/C23H21N5O4/c1-14-7-5-6-8-19(14)28-23(30)18(12-24)15(2)21(27-28)22(29)26-25-13-16-9-10-17(31-3)11-20(16)32-4/h5-11,13H,1-4H3,(H,26,29)/b25-13+. The van der Waals surface area contributed by atoms with Crippen LogP contribution in [0.3, 0.4) is 0 Å². The molecule has 1 N–H and O–H groups in total. The summed E-state index contributed by atoms with van der Waals surface area (Å²) >= 11 is 0. The van der Waals surface area contributed by atoms with Crippen LogP contribution >= 0.6 is 0 Å². The van der Waals surface area contributed by atoms with E-state index in [9.17, 15) is 14.9 Å². The molecule has 9 heteroatoms. The quantitative estimate of drug-likeness (QED) is 0.473. The zero-order valence-electron chi connectivity index (χ0n) is 18.0. The predicted molar refractivity (Wildman–Crippen MR) is 119 cm³/mol. The van der Waals surface area contributed by atoms with Crippen LogP contribution in [0.4, 0.5) is 0 Å². The Kier molecular flexibility index (Phi) is 6.65. The molecule has 9 nitrogen and oxygen atoms in total. The Morgan fingerprint density at radius 3 is 2.59 bits per heavy atom. The summed E-state index contributed by atoms with van der Waals surface area (Å²) in [5.41, 5.74) is 3.60. The van der Waals surface area contributed by atoms with Crippen LogP contribution in [-0.4, -0.2) is 36.1 Å². The van der Waals surface area contributed by atoms with Crippen molar-refractivity contribution in [3.8, 4) is 23.3 Å². The predicted octanol–water partition coefficient (Wildman–Crippen LogP) is 2.50. The number of aromatic nitrogens is 2. The summed E-state index contributed by atoms with van der Waals surface area (Å²) in [5.74, 6) is 0.465. The van der Waals surface area contributed by atoms with Crippen LogP contribution in [0.15, 0.2) is 52.4 Å². The molecule has 0 bridgehead atoms. The molecule has 0 aliphatic heterocycles. The van der Waals surface area contributed by atoms with Crippen molar-refractivity contribution in [1.82, 2.24) is 15.2 Å². The van der Waals surface area contributed by atoms with Crippen molar-refractivity contribution < 1.29 is 14.3 Å². The fraction of sp³-hybridized carbons (Fsp3) is 0.174. The van der Waals surface area contributed by atoms with Gasteiger partial charge in [0.05, 0.1) is 26.1 Å². The number of hydrazone groups is 1. The largest absolute Gasteiger partial charge is 0.497 e. The van der Waals surface area contributed by atoms with Crippen molar-refractivity contribution in [2.45, 2.75) is 13.8 Å². The number of methoxy groups -OCH3 is 2. The molecule has 32 heavy (non-hydrogen) atoms. The third kappa shape index (κ3) is 4.34. The molecule has 0 atom stereocenters. The topological polar surface area (TPSA) is 119 Å². The molecular formula is C23H21N5O4. The summed E-state index contributed by atoms with van der Waals surface area (Å²) in [6.07, 6.45) is 1.41. The summed E-state index contributed by atoms with van der Waals surface area (Å²) < 4.78 is 11.5. The number of amides is 1. The Bertz CT molecular complexity index is 1300. The third-order valence-corrected chi connectivity index (χ3v) is 4.82. The Morgan fingerprint density at radius 1 is 1.19 bits per heavy atom. The lowest BCUT2D eigenvalue weighted by atomic mass is 10.1. The van der Waals surface area contributed by atoms with Gasteiger partial charge in [0.2, 0.25) is 0 Å². The minimum atomic E-state index is -0.662. The number of rotatable bonds is 6. The maximum atomic E-state index is 12.8. The van der Waals surface area contributed by atoms with E-state index in [1.54, 1.807) is 37.4 Å². The molecule has 1 aromatic heterocycles. The molecule has 0 radical (unpaired) electrons. The number of carbonyl (C=O) groups is 1. The smallest absolute Gasteiger partial charge is 0.292 e. The van der Waals surface area contributed by atoms with E-state index in [0.29, 0.717) is 22.7 Å². The number of nitrogens with one attached hydrogen (secondary N) is 1. The molecule has 1 heterocycles. The van der Waals surface area contributed by atoms with Gasteiger partial charge in [-0.1, -0.05) is 18.2 Å². The van der Waals surface area contributed by atoms with Gasteiger partial charge >= 0.3 is 0 Å². The number of benzene rings is 2. The Morgan fingerprint density at radius 2 is 1.94 bits per heavy atom. The summed E-state index contributed by atoms with van der Waals surface area (Å²) in [4.78, 5) is 25.6. The lowest BCUT2D eigenvalue weighted by molar-refractivity contribution is 0.0947. The average molecular weight is 431 g/mol. The van der Waals surface area contributed by atoms with Crippen LogP contribution in [0, 0.1) is 25.2 Å². The highest BCUT2D eigenvalue weighted by Crippen LogP contribution is 2.23. The van der Waals surface area contributed by atoms with E-state index in [1.165, 1.54) is 20.2 Å². The van der Waals surface area contributed by atoms with Crippen LogP contribution in [0.25, 0.3) is 5.69 Å². The maximum Gasteiger partial charge on any atom is 0.292 e. The van der Waals surface area contributed by atoms with E-state index in [1.807, 2.05) is 25.1 Å². The van der Waals surface area contributed by atoms with Gasteiger partial charge in [0.1, 0.15) is 23.1 Å². The van der Waals surface area contributed by atoms with Gasteiger partial charge in [0, 0.05) is 17.2 Å². The van der Waals surface area contributed by atoms with E-state index in [4.69, 9.17) is 9.47 Å². The normalized spacial score (nSPS) is 10.6. The molecule has 0 spiro atoms. The summed E-state index contributed by atoms with van der Waals surface area (Å²) in [6.45, 7) is 3.31. The van der Waals surface area contributed by atoms with Gasteiger partial charge in [-0.2, -0.15) is 20.1 Å². The van der Waals surface area contributed by atoms with Crippen LogP contribution in [0.1, 0.15) is 32.7 Å². The highest BCUT2D eigenvalue weighted by atomic mass is 16.5. The fourth-order valence-electron chi connectivity index (χ4n) is 3.06. The van der Waals surface area contributed by atoms with Crippen LogP contribution in [0.2, 0.25) is 0 Å². The van der Waals surface area contributed by atoms with Crippen molar-refractivity contribution in [3.05, 3.63) is 80.8 Å². The summed E-state index contributed by atoms with van der Waals surface area (Å²) in [6, 6.07) is 14.1. The lowest BCUT2D eigenvalue weighted by Crippen LogP contribution is -2.31. The number of ether oxygens (including phenoxy) is 2. The van der Waals surface area contributed by atoms with Crippen molar-refractivity contribution in [3.63, 3.8) is 0 Å². The van der Waals surface area contributed by atoms with Crippen LogP contribution in [0.5, 0.6) is 11.5 Å². The van der Waals surface area contributed by atoms with E-state index in [-0.39, 0.29) is 16.8 Å². The van der Waals surface area contributed by atoms with Gasteiger partial charge in [-0.05, 0) is 37.6 Å². The second-order valence-corrected chi connectivity index (χ2v) is 6.77. The van der Waals surface area contributed by atoms with E-state index >= 15 is 0 Å². The zero-order chi connectivity index (χ0) is 23.3. The van der Waals surface area contributed by atoms with Crippen LogP contribution in [-0.2, 0) is 0 Å². The molecule has 0 fully saturated rings. The second kappa shape index (κ2) is 9.57. The Balaban J connectivity index is 1.96. The third-order valence-electron chi connectivity index (χ3n) is 4.82. The first kappa shape index (κ1) is 22.2. The molecule has 3 aromatic rings.